The molecule has 3 saturated heterocycles. The van der Waals surface area contributed by atoms with Crippen LogP contribution in [0.5, 0.6) is 0 Å². The molecule has 2 N–H and O–H groups in total. The summed E-state index contributed by atoms with van der Waals surface area (Å²) < 4.78 is 17.5. The van der Waals surface area contributed by atoms with Crippen LogP contribution in [0.3, 0.4) is 0 Å². The van der Waals surface area contributed by atoms with Crippen LogP contribution in [0.2, 0.25) is 0 Å². The quantitative estimate of drug-likeness (QED) is 0.175. The van der Waals surface area contributed by atoms with E-state index in [9.17, 15) is 9.59 Å². The highest BCUT2D eigenvalue weighted by atomic mass is 16.7. The first kappa shape index (κ1) is 38.9. The molecule has 0 spiro atoms. The number of imidazole rings is 1. The Labute approximate surface area is 326 Å². The van der Waals surface area contributed by atoms with Gasteiger partial charge in [0.1, 0.15) is 11.9 Å². The molecule has 0 radical (unpaired) electrons. The van der Waals surface area contributed by atoms with Crippen molar-refractivity contribution >= 4 is 41.3 Å². The first-order chi connectivity index (χ1) is 26.0. The number of benzene rings is 3. The molecule has 4 aromatic rings. The van der Waals surface area contributed by atoms with Crippen LogP contribution in [-0.2, 0) is 24.3 Å². The second kappa shape index (κ2) is 14.6. The SMILES string of the molecule is COC(=O)N[C@H](C(=O)N1CCC[C@H]1c1nc2ccc(C3CCC(c4ccc(B5OC(C)(C)C(C)(C)O5)cc4)N3c3ccc(C(C)(C)C)cc3)cc2[nH]1)C(C)C. The fourth-order valence-corrected chi connectivity index (χ4v) is 8.42. The minimum atomic E-state index is -0.678. The predicted molar refractivity (Wildman–Crippen MR) is 218 cm³/mol. The van der Waals surface area contributed by atoms with E-state index in [2.05, 4.69) is 130 Å². The number of hydrogen-bond donors (Lipinski definition) is 2. The van der Waals surface area contributed by atoms with E-state index >= 15 is 0 Å². The smallest absolute Gasteiger partial charge is 0.453 e. The van der Waals surface area contributed by atoms with E-state index in [1.807, 2.05) is 18.7 Å². The lowest BCUT2D eigenvalue weighted by Gasteiger charge is -2.34. The van der Waals surface area contributed by atoms with Crippen LogP contribution in [-0.4, -0.2) is 64.9 Å². The number of nitrogens with zero attached hydrogens (tertiary/aromatic N) is 3. The fourth-order valence-electron chi connectivity index (χ4n) is 8.42. The summed E-state index contributed by atoms with van der Waals surface area (Å²) in [5.74, 6) is 0.569. The highest BCUT2D eigenvalue weighted by molar-refractivity contribution is 6.62. The summed E-state index contributed by atoms with van der Waals surface area (Å²) >= 11 is 0. The van der Waals surface area contributed by atoms with Gasteiger partial charge in [0, 0.05) is 12.2 Å². The predicted octanol–water partition coefficient (Wildman–Crippen LogP) is 8.29. The Balaban J connectivity index is 1.18. The van der Waals surface area contributed by atoms with Gasteiger partial charge < -0.3 is 34.1 Å². The van der Waals surface area contributed by atoms with Gasteiger partial charge in [-0.25, -0.2) is 9.78 Å². The minimum absolute atomic E-state index is 0.0577. The van der Waals surface area contributed by atoms with E-state index < -0.39 is 30.5 Å². The number of nitrogens with one attached hydrogen (secondary N) is 2. The highest BCUT2D eigenvalue weighted by Gasteiger charge is 2.51. The van der Waals surface area contributed by atoms with Gasteiger partial charge in [-0.3, -0.25) is 4.79 Å². The van der Waals surface area contributed by atoms with Gasteiger partial charge in [0.25, 0.3) is 0 Å². The first-order valence-corrected chi connectivity index (χ1v) is 20.0. The summed E-state index contributed by atoms with van der Waals surface area (Å²) in [4.78, 5) is 39.0. The summed E-state index contributed by atoms with van der Waals surface area (Å²) in [5.41, 5.74) is 7.12. The van der Waals surface area contributed by atoms with Crippen LogP contribution in [0.25, 0.3) is 11.0 Å². The Morgan fingerprint density at radius 2 is 1.51 bits per heavy atom. The number of likely N-dealkylation sites (tertiary alicyclic amines) is 1. The first-order valence-electron chi connectivity index (χ1n) is 20.0. The summed E-state index contributed by atoms with van der Waals surface area (Å²) in [7, 11) is 0.914. The van der Waals surface area contributed by atoms with Crippen LogP contribution in [0.1, 0.15) is 129 Å². The number of amides is 2. The molecule has 10 nitrogen and oxygen atoms in total. The fraction of sp³-hybridized carbons (Fsp3) is 0.523. The average molecular weight is 748 g/mol. The molecule has 3 aliphatic rings. The van der Waals surface area contributed by atoms with Crippen molar-refractivity contribution in [2.75, 3.05) is 18.6 Å². The summed E-state index contributed by atoms with van der Waals surface area (Å²) in [6.07, 6.45) is 3.06. The average Bonchev–Trinajstić information content (AvgIpc) is 3.93. The Morgan fingerprint density at radius 3 is 2.11 bits per heavy atom. The Bertz CT molecular complexity index is 2000. The zero-order valence-electron chi connectivity index (χ0n) is 34.2. The summed E-state index contributed by atoms with van der Waals surface area (Å²) in [6.45, 7) is 19.6. The number of alkyl carbamates (subject to hydrolysis) is 1. The molecule has 3 fully saturated rings. The molecule has 3 aromatic carbocycles. The van der Waals surface area contributed by atoms with Gasteiger partial charge in [-0.15, -0.1) is 0 Å². The van der Waals surface area contributed by atoms with E-state index in [-0.39, 0.29) is 35.4 Å². The van der Waals surface area contributed by atoms with Gasteiger partial charge in [-0.05, 0) is 111 Å². The molecule has 0 aliphatic carbocycles. The van der Waals surface area contributed by atoms with Crippen LogP contribution < -0.4 is 15.7 Å². The topological polar surface area (TPSA) is 109 Å². The van der Waals surface area contributed by atoms with Crippen molar-refractivity contribution in [3.05, 3.63) is 89.2 Å². The number of carbonyl (C=O) groups is 2. The number of fused-ring (bicyclic) bond motifs is 1. The second-order valence-electron chi connectivity index (χ2n) is 18.0. The van der Waals surface area contributed by atoms with Gasteiger partial charge in [0.05, 0.1) is 47.5 Å². The molecule has 1 aromatic heterocycles. The number of rotatable bonds is 8. The van der Waals surface area contributed by atoms with Crippen molar-refractivity contribution in [1.29, 1.82) is 0 Å². The van der Waals surface area contributed by atoms with E-state index in [4.69, 9.17) is 19.0 Å². The number of carbonyl (C=O) groups excluding carboxylic acids is 2. The Morgan fingerprint density at radius 1 is 0.891 bits per heavy atom. The van der Waals surface area contributed by atoms with Crippen molar-refractivity contribution in [3.63, 3.8) is 0 Å². The van der Waals surface area contributed by atoms with Gasteiger partial charge >= 0.3 is 13.2 Å². The monoisotopic (exact) mass is 747 g/mol. The third-order valence-electron chi connectivity index (χ3n) is 12.4. The number of H-pyrrole nitrogens is 1. The van der Waals surface area contributed by atoms with Gasteiger partial charge in [-0.2, -0.15) is 0 Å². The normalized spacial score (nSPS) is 22.8. The molecule has 7 rings (SSSR count). The van der Waals surface area contributed by atoms with Crippen LogP contribution in [0, 0.1) is 5.92 Å². The number of methoxy groups -OCH3 is 1. The van der Waals surface area contributed by atoms with E-state index in [1.54, 1.807) is 0 Å². The highest BCUT2D eigenvalue weighted by Crippen LogP contribution is 2.48. The van der Waals surface area contributed by atoms with Crippen LogP contribution in [0.15, 0.2) is 66.7 Å². The van der Waals surface area contributed by atoms with Crippen molar-refractivity contribution in [2.24, 2.45) is 5.92 Å². The Kier molecular flexibility index (Phi) is 10.3. The lowest BCUT2D eigenvalue weighted by molar-refractivity contribution is -0.135. The van der Waals surface area contributed by atoms with Crippen LogP contribution in [0.4, 0.5) is 10.5 Å². The van der Waals surface area contributed by atoms with Gasteiger partial charge in [0.15, 0.2) is 0 Å². The minimum Gasteiger partial charge on any atom is -0.453 e. The number of ether oxygens (including phenoxy) is 1. The molecule has 0 saturated carbocycles. The number of anilines is 1. The molecule has 55 heavy (non-hydrogen) atoms. The largest absolute Gasteiger partial charge is 0.494 e. The maximum Gasteiger partial charge on any atom is 0.494 e. The molecule has 11 heteroatoms. The van der Waals surface area contributed by atoms with Crippen molar-refractivity contribution in [3.8, 4) is 0 Å². The molecule has 292 valence electrons. The second-order valence-corrected chi connectivity index (χ2v) is 18.0. The van der Waals surface area contributed by atoms with E-state index in [0.717, 1.165) is 48.0 Å². The summed E-state index contributed by atoms with van der Waals surface area (Å²) in [5, 5.41) is 2.75. The third-order valence-corrected chi connectivity index (χ3v) is 12.4. The van der Waals surface area contributed by atoms with Gasteiger partial charge in [0.2, 0.25) is 5.91 Å². The summed E-state index contributed by atoms with van der Waals surface area (Å²) in [6, 6.07) is 23.9. The van der Waals surface area contributed by atoms with Crippen molar-refractivity contribution in [2.45, 2.75) is 129 Å². The third kappa shape index (κ3) is 7.50. The van der Waals surface area contributed by atoms with Gasteiger partial charge in [-0.1, -0.05) is 77.1 Å². The number of aromatic amines is 1. The zero-order valence-corrected chi connectivity index (χ0v) is 34.2. The van der Waals surface area contributed by atoms with Crippen LogP contribution >= 0.6 is 0 Å². The standard InChI is InChI=1S/C44H58BN5O5/c1-27(2)38(48-41(52)53-10)40(51)49-25-11-12-37(49)39-46-33-22-15-29(26-34(33)47-39)36-24-23-35(50(36)32-20-16-30(17-21-32)42(3,4)5)28-13-18-31(19-14-28)45-54-43(6,7)44(8,9)55-45/h13-22,26-27,35-38H,11-12,23-25H2,1-10H3,(H,46,47)(H,48,52)/t35?,36?,37-,38-/m0/s1. The van der Waals surface area contributed by atoms with E-state index in [1.165, 1.54) is 29.5 Å². The number of aromatic nitrogens is 2. The Hall–Kier alpha value is -4.35. The molecule has 2 amide bonds. The van der Waals surface area contributed by atoms with Crippen molar-refractivity contribution in [1.82, 2.24) is 20.2 Å². The molecule has 4 atom stereocenters. The zero-order chi connectivity index (χ0) is 39.4. The lowest BCUT2D eigenvalue weighted by atomic mass is 9.78. The molecular formula is C44H58BN5O5. The maximum absolute atomic E-state index is 13.8. The van der Waals surface area contributed by atoms with E-state index in [0.29, 0.717) is 6.54 Å². The molecule has 3 aliphatic heterocycles. The number of hydrogen-bond acceptors (Lipinski definition) is 7. The maximum atomic E-state index is 13.8. The molecule has 0 bridgehead atoms. The lowest BCUT2D eigenvalue weighted by Crippen LogP contribution is -2.51. The molecule has 4 heterocycles. The molecular weight excluding hydrogens is 689 g/mol. The molecule has 2 unspecified atom stereocenters. The van der Waals surface area contributed by atoms with Crippen molar-refractivity contribution < 1.29 is 23.6 Å².